The maximum absolute atomic E-state index is 6.28. The Morgan fingerprint density at radius 3 is 2.38 bits per heavy atom. The number of rotatable bonds is 7. The van der Waals surface area contributed by atoms with Crippen molar-refractivity contribution >= 4 is 11.6 Å². The van der Waals surface area contributed by atoms with Gasteiger partial charge in [0, 0.05) is 17.1 Å². The second-order valence-electron chi connectivity index (χ2n) is 7.25. The predicted molar refractivity (Wildman–Crippen MR) is 92.0 cm³/mol. The molecule has 2 nitrogen and oxygen atoms in total. The van der Waals surface area contributed by atoms with Crippen LogP contribution in [-0.4, -0.2) is 18.2 Å². The summed E-state index contributed by atoms with van der Waals surface area (Å²) in [5.74, 6) is 0.635. The Labute approximate surface area is 135 Å². The summed E-state index contributed by atoms with van der Waals surface area (Å²) in [6, 6.07) is 7.97. The molecule has 1 aromatic carbocycles. The van der Waals surface area contributed by atoms with Gasteiger partial charge in [0.25, 0.3) is 0 Å². The van der Waals surface area contributed by atoms with Gasteiger partial charge in [0.05, 0.1) is 12.2 Å². The first-order valence-electron chi connectivity index (χ1n) is 7.83. The minimum absolute atomic E-state index is 0.0247. The van der Waals surface area contributed by atoms with E-state index in [1.54, 1.807) is 0 Å². The first kappa shape index (κ1) is 18.5. The summed E-state index contributed by atoms with van der Waals surface area (Å²) in [4.78, 5) is 0. The fourth-order valence-corrected chi connectivity index (χ4v) is 2.55. The van der Waals surface area contributed by atoms with Crippen molar-refractivity contribution in [3.05, 3.63) is 34.9 Å². The maximum Gasteiger partial charge on any atom is 0.0953 e. The van der Waals surface area contributed by atoms with Crippen LogP contribution in [0.5, 0.6) is 0 Å². The van der Waals surface area contributed by atoms with Gasteiger partial charge in [0.2, 0.25) is 0 Å². The lowest BCUT2D eigenvalue weighted by molar-refractivity contribution is -0.0152. The van der Waals surface area contributed by atoms with Crippen molar-refractivity contribution in [2.24, 2.45) is 5.92 Å². The fourth-order valence-electron chi connectivity index (χ4n) is 2.35. The number of ether oxygens (including phenoxy) is 1. The highest BCUT2D eigenvalue weighted by Gasteiger charge is 2.19. The van der Waals surface area contributed by atoms with E-state index >= 15 is 0 Å². The molecule has 0 aromatic heterocycles. The van der Waals surface area contributed by atoms with Gasteiger partial charge in [0.15, 0.2) is 0 Å². The largest absolute Gasteiger partial charge is 0.369 e. The predicted octanol–water partition coefficient (Wildman–Crippen LogP) is 5.22. The second-order valence-corrected chi connectivity index (χ2v) is 7.69. The van der Waals surface area contributed by atoms with E-state index in [1.165, 1.54) is 0 Å². The third kappa shape index (κ3) is 7.85. The van der Waals surface area contributed by atoms with Crippen molar-refractivity contribution in [1.82, 2.24) is 5.32 Å². The molecule has 120 valence electrons. The Balaban J connectivity index is 2.79. The van der Waals surface area contributed by atoms with Crippen molar-refractivity contribution in [3.8, 4) is 0 Å². The molecule has 0 fully saturated rings. The highest BCUT2D eigenvalue weighted by molar-refractivity contribution is 6.30. The highest BCUT2D eigenvalue weighted by atomic mass is 35.5. The SMILES string of the molecule is CC(C)CC(C)OC(CNC(C)(C)C)c1cccc(Cl)c1. The van der Waals surface area contributed by atoms with Gasteiger partial charge in [-0.15, -0.1) is 0 Å². The van der Waals surface area contributed by atoms with Crippen molar-refractivity contribution < 1.29 is 4.74 Å². The van der Waals surface area contributed by atoms with Crippen LogP contribution < -0.4 is 5.32 Å². The quantitative estimate of drug-likeness (QED) is 0.745. The van der Waals surface area contributed by atoms with Gasteiger partial charge in [-0.1, -0.05) is 37.6 Å². The molecule has 21 heavy (non-hydrogen) atoms. The molecular weight excluding hydrogens is 282 g/mol. The third-order valence-electron chi connectivity index (χ3n) is 3.24. The summed E-state index contributed by atoms with van der Waals surface area (Å²) in [6.45, 7) is 13.9. The van der Waals surface area contributed by atoms with Gasteiger partial charge < -0.3 is 10.1 Å². The van der Waals surface area contributed by atoms with Gasteiger partial charge in [0.1, 0.15) is 0 Å². The molecule has 0 bridgehead atoms. The standard InChI is InChI=1S/C18H30ClNO/c1-13(2)10-14(3)21-17(12-20-18(4,5)6)15-8-7-9-16(19)11-15/h7-9,11,13-14,17,20H,10,12H2,1-6H3. The summed E-state index contributed by atoms with van der Waals surface area (Å²) in [7, 11) is 0. The van der Waals surface area contributed by atoms with Crippen LogP contribution in [0.1, 0.15) is 59.6 Å². The number of benzene rings is 1. The molecule has 1 rings (SSSR count). The molecule has 3 heteroatoms. The van der Waals surface area contributed by atoms with E-state index < -0.39 is 0 Å². The van der Waals surface area contributed by atoms with Crippen LogP contribution in [0.15, 0.2) is 24.3 Å². The Hall–Kier alpha value is -0.570. The minimum Gasteiger partial charge on any atom is -0.369 e. The Morgan fingerprint density at radius 1 is 1.19 bits per heavy atom. The number of hydrogen-bond donors (Lipinski definition) is 1. The molecule has 2 unspecified atom stereocenters. The van der Waals surface area contributed by atoms with Crippen LogP contribution in [0.3, 0.4) is 0 Å². The van der Waals surface area contributed by atoms with E-state index in [0.717, 1.165) is 23.6 Å². The molecule has 1 N–H and O–H groups in total. The Morgan fingerprint density at radius 2 is 1.86 bits per heavy atom. The van der Waals surface area contributed by atoms with Crippen molar-refractivity contribution in [3.63, 3.8) is 0 Å². The Bertz CT molecular complexity index is 425. The zero-order valence-electron chi connectivity index (χ0n) is 14.2. The van der Waals surface area contributed by atoms with Crippen LogP contribution in [0.2, 0.25) is 5.02 Å². The molecule has 0 aliphatic rings. The molecule has 0 spiro atoms. The lowest BCUT2D eigenvalue weighted by atomic mass is 10.0. The van der Waals surface area contributed by atoms with Crippen LogP contribution in [0.4, 0.5) is 0 Å². The summed E-state index contributed by atoms with van der Waals surface area (Å²) in [5, 5.41) is 4.29. The molecule has 0 amide bonds. The normalized spacial score (nSPS) is 15.2. The van der Waals surface area contributed by atoms with Crippen LogP contribution in [0.25, 0.3) is 0 Å². The highest BCUT2D eigenvalue weighted by Crippen LogP contribution is 2.24. The molecule has 0 saturated carbocycles. The van der Waals surface area contributed by atoms with E-state index in [0.29, 0.717) is 5.92 Å². The molecule has 0 heterocycles. The fraction of sp³-hybridized carbons (Fsp3) is 0.667. The van der Waals surface area contributed by atoms with E-state index in [9.17, 15) is 0 Å². The number of hydrogen-bond acceptors (Lipinski definition) is 2. The summed E-state index contributed by atoms with van der Waals surface area (Å²) in [6.07, 6.45) is 1.32. The minimum atomic E-state index is 0.0247. The van der Waals surface area contributed by atoms with Crippen molar-refractivity contribution in [2.75, 3.05) is 6.54 Å². The van der Waals surface area contributed by atoms with E-state index in [-0.39, 0.29) is 17.7 Å². The lowest BCUT2D eigenvalue weighted by Gasteiger charge is -2.28. The molecule has 0 aliphatic carbocycles. The van der Waals surface area contributed by atoms with E-state index in [2.05, 4.69) is 52.9 Å². The molecule has 2 atom stereocenters. The average Bonchev–Trinajstić information content (AvgIpc) is 2.32. The number of nitrogens with one attached hydrogen (secondary N) is 1. The van der Waals surface area contributed by atoms with Gasteiger partial charge in [-0.3, -0.25) is 0 Å². The summed E-state index contributed by atoms with van der Waals surface area (Å²) in [5.41, 5.74) is 1.21. The second kappa shape index (κ2) is 8.17. The summed E-state index contributed by atoms with van der Waals surface area (Å²) < 4.78 is 6.28. The maximum atomic E-state index is 6.28. The van der Waals surface area contributed by atoms with Gasteiger partial charge in [-0.25, -0.2) is 0 Å². The van der Waals surface area contributed by atoms with Crippen LogP contribution in [-0.2, 0) is 4.74 Å². The number of halogens is 1. The molecule has 0 aliphatic heterocycles. The van der Waals surface area contributed by atoms with Gasteiger partial charge in [-0.2, -0.15) is 0 Å². The zero-order chi connectivity index (χ0) is 16.0. The van der Waals surface area contributed by atoms with Crippen molar-refractivity contribution in [2.45, 2.75) is 65.7 Å². The Kier molecular flexibility index (Phi) is 7.19. The smallest absolute Gasteiger partial charge is 0.0953 e. The van der Waals surface area contributed by atoms with Gasteiger partial charge in [-0.05, 0) is 57.7 Å². The van der Waals surface area contributed by atoms with Gasteiger partial charge >= 0.3 is 0 Å². The molecular formula is C18H30ClNO. The topological polar surface area (TPSA) is 21.3 Å². The monoisotopic (exact) mass is 311 g/mol. The van der Waals surface area contributed by atoms with Crippen LogP contribution in [0, 0.1) is 5.92 Å². The zero-order valence-corrected chi connectivity index (χ0v) is 15.0. The van der Waals surface area contributed by atoms with E-state index in [1.807, 2.05) is 18.2 Å². The third-order valence-corrected chi connectivity index (χ3v) is 3.47. The lowest BCUT2D eigenvalue weighted by Crippen LogP contribution is -2.39. The first-order chi connectivity index (χ1) is 9.67. The molecule has 0 radical (unpaired) electrons. The van der Waals surface area contributed by atoms with E-state index in [4.69, 9.17) is 16.3 Å². The first-order valence-corrected chi connectivity index (χ1v) is 8.21. The summed E-state index contributed by atoms with van der Waals surface area (Å²) >= 11 is 6.12. The molecule has 1 aromatic rings. The average molecular weight is 312 g/mol. The van der Waals surface area contributed by atoms with Crippen LogP contribution >= 0.6 is 11.6 Å². The molecule has 0 saturated heterocycles. The van der Waals surface area contributed by atoms with Crippen molar-refractivity contribution in [1.29, 1.82) is 0 Å².